The molecule has 3 heteroatoms. The Morgan fingerprint density at radius 2 is 1.93 bits per heavy atom. The lowest BCUT2D eigenvalue weighted by Crippen LogP contribution is -1.86. The zero-order valence-electron chi connectivity index (χ0n) is 7.75. The minimum Gasteiger partial charge on any atom is -0.388 e. The molecule has 0 spiro atoms. The van der Waals surface area contributed by atoms with Crippen LogP contribution in [0.2, 0.25) is 0 Å². The lowest BCUT2D eigenvalue weighted by Gasteiger charge is -2.00. The van der Waals surface area contributed by atoms with E-state index in [4.69, 9.17) is 0 Å². The third-order valence-corrected chi connectivity index (χ3v) is 3.77. The fraction of sp³-hybridized carbons (Fsp3) is 0.0909. The van der Waals surface area contributed by atoms with Gasteiger partial charge in [0, 0.05) is 27.5 Å². The first-order valence-corrected chi connectivity index (χ1v) is 5.99. The van der Waals surface area contributed by atoms with Gasteiger partial charge < -0.3 is 5.32 Å². The Morgan fingerprint density at radius 3 is 2.43 bits per heavy atom. The lowest BCUT2D eigenvalue weighted by molar-refractivity contribution is 1.51. The van der Waals surface area contributed by atoms with Gasteiger partial charge in [-0.1, -0.05) is 12.1 Å². The fourth-order valence-electron chi connectivity index (χ4n) is 1.27. The summed E-state index contributed by atoms with van der Waals surface area (Å²) in [6, 6.07) is 10.6. The first-order valence-electron chi connectivity index (χ1n) is 4.32. The predicted molar refractivity (Wildman–Crippen MR) is 67.0 cm³/mol. The summed E-state index contributed by atoms with van der Waals surface area (Å²) in [5.74, 6) is 0. The summed E-state index contributed by atoms with van der Waals surface area (Å²) >= 11 is 5.20. The van der Waals surface area contributed by atoms with Gasteiger partial charge in [-0.05, 0) is 39.7 Å². The van der Waals surface area contributed by atoms with E-state index in [1.54, 1.807) is 11.3 Å². The van der Waals surface area contributed by atoms with Gasteiger partial charge in [-0.15, -0.1) is 11.3 Å². The Kier molecular flexibility index (Phi) is 2.89. The van der Waals surface area contributed by atoms with Gasteiger partial charge >= 0.3 is 0 Å². The van der Waals surface area contributed by atoms with Gasteiger partial charge in [0.1, 0.15) is 0 Å². The first kappa shape index (κ1) is 9.74. The molecule has 0 saturated heterocycles. The Bertz CT molecular complexity index is 419. The van der Waals surface area contributed by atoms with Crippen molar-refractivity contribution in [1.82, 2.24) is 0 Å². The highest BCUT2D eigenvalue weighted by molar-refractivity contribution is 9.10. The van der Waals surface area contributed by atoms with E-state index in [9.17, 15) is 0 Å². The number of halogens is 1. The normalized spacial score (nSPS) is 10.1. The van der Waals surface area contributed by atoms with Crippen molar-refractivity contribution in [3.63, 3.8) is 0 Å². The van der Waals surface area contributed by atoms with Gasteiger partial charge in [0.2, 0.25) is 0 Å². The summed E-state index contributed by atoms with van der Waals surface area (Å²) in [5.41, 5.74) is 2.41. The third-order valence-electron chi connectivity index (χ3n) is 2.03. The van der Waals surface area contributed by atoms with Crippen LogP contribution in [0.4, 0.5) is 5.69 Å². The van der Waals surface area contributed by atoms with E-state index in [-0.39, 0.29) is 0 Å². The zero-order valence-corrected chi connectivity index (χ0v) is 10.2. The van der Waals surface area contributed by atoms with Gasteiger partial charge in [-0.2, -0.15) is 0 Å². The molecule has 2 rings (SSSR count). The van der Waals surface area contributed by atoms with Crippen LogP contribution in [0.25, 0.3) is 10.4 Å². The highest BCUT2D eigenvalue weighted by Gasteiger charge is 2.00. The maximum absolute atomic E-state index is 3.46. The molecule has 2 aromatic rings. The molecule has 1 aromatic carbocycles. The van der Waals surface area contributed by atoms with E-state index in [1.165, 1.54) is 10.4 Å². The van der Waals surface area contributed by atoms with Crippen LogP contribution in [0.15, 0.2) is 40.2 Å². The van der Waals surface area contributed by atoms with Gasteiger partial charge in [-0.3, -0.25) is 0 Å². The smallest absolute Gasteiger partial charge is 0.0354 e. The van der Waals surface area contributed by atoms with Crippen LogP contribution in [0, 0.1) is 0 Å². The Morgan fingerprint density at radius 1 is 1.21 bits per heavy atom. The van der Waals surface area contributed by atoms with Crippen molar-refractivity contribution < 1.29 is 0 Å². The molecule has 0 unspecified atom stereocenters. The molecule has 0 aliphatic rings. The summed E-state index contributed by atoms with van der Waals surface area (Å²) in [5, 5.41) is 5.20. The van der Waals surface area contributed by atoms with Crippen LogP contribution in [-0.4, -0.2) is 7.05 Å². The van der Waals surface area contributed by atoms with Gasteiger partial charge in [0.05, 0.1) is 0 Å². The summed E-state index contributed by atoms with van der Waals surface area (Å²) in [6.45, 7) is 0. The predicted octanol–water partition coefficient (Wildman–Crippen LogP) is 4.22. The average molecular weight is 268 g/mol. The molecule has 0 atom stereocenters. The Hall–Kier alpha value is -0.800. The highest BCUT2D eigenvalue weighted by atomic mass is 79.9. The quantitative estimate of drug-likeness (QED) is 0.859. The topological polar surface area (TPSA) is 12.0 Å². The minimum absolute atomic E-state index is 1.14. The van der Waals surface area contributed by atoms with Crippen LogP contribution in [0.5, 0.6) is 0 Å². The number of hydrogen-bond acceptors (Lipinski definition) is 2. The lowest BCUT2D eigenvalue weighted by atomic mass is 10.2. The molecule has 0 aliphatic heterocycles. The second-order valence-corrected chi connectivity index (χ2v) is 4.78. The number of hydrogen-bond donors (Lipinski definition) is 1. The molecule has 14 heavy (non-hydrogen) atoms. The van der Waals surface area contributed by atoms with Crippen molar-refractivity contribution in [2.45, 2.75) is 0 Å². The first-order chi connectivity index (χ1) is 6.79. The van der Waals surface area contributed by atoms with Crippen molar-refractivity contribution >= 4 is 33.0 Å². The average Bonchev–Trinajstić information content (AvgIpc) is 2.65. The van der Waals surface area contributed by atoms with Crippen LogP contribution in [0.3, 0.4) is 0 Å². The molecule has 1 nitrogen and oxygen atoms in total. The van der Waals surface area contributed by atoms with E-state index in [2.05, 4.69) is 57.0 Å². The molecule has 1 heterocycles. The SMILES string of the molecule is CNc1ccc(-c2cc(Br)cs2)cc1. The monoisotopic (exact) mass is 267 g/mol. The van der Waals surface area contributed by atoms with Crippen molar-refractivity contribution in [2.75, 3.05) is 12.4 Å². The maximum atomic E-state index is 3.46. The van der Waals surface area contributed by atoms with Crippen molar-refractivity contribution in [1.29, 1.82) is 0 Å². The standard InChI is InChI=1S/C11H10BrNS/c1-13-10-4-2-8(3-5-10)11-6-9(12)7-14-11/h2-7,13H,1H3. The highest BCUT2D eigenvalue weighted by Crippen LogP contribution is 2.30. The van der Waals surface area contributed by atoms with E-state index in [0.29, 0.717) is 0 Å². The zero-order chi connectivity index (χ0) is 9.97. The van der Waals surface area contributed by atoms with Gasteiger partial charge in [0.25, 0.3) is 0 Å². The van der Waals surface area contributed by atoms with Crippen LogP contribution in [-0.2, 0) is 0 Å². The van der Waals surface area contributed by atoms with Crippen molar-refractivity contribution in [3.05, 3.63) is 40.2 Å². The second kappa shape index (κ2) is 4.15. The van der Waals surface area contributed by atoms with E-state index < -0.39 is 0 Å². The molecular formula is C11H10BrNS. The molecular weight excluding hydrogens is 258 g/mol. The van der Waals surface area contributed by atoms with Crippen molar-refractivity contribution in [3.8, 4) is 10.4 Å². The van der Waals surface area contributed by atoms with Crippen LogP contribution < -0.4 is 5.32 Å². The second-order valence-electron chi connectivity index (χ2n) is 2.96. The van der Waals surface area contributed by atoms with Crippen LogP contribution in [0.1, 0.15) is 0 Å². The minimum atomic E-state index is 1.14. The number of nitrogens with one attached hydrogen (secondary N) is 1. The molecule has 0 amide bonds. The van der Waals surface area contributed by atoms with Gasteiger partial charge in [0.15, 0.2) is 0 Å². The third kappa shape index (κ3) is 1.99. The largest absolute Gasteiger partial charge is 0.388 e. The molecule has 1 N–H and O–H groups in total. The van der Waals surface area contributed by atoms with Gasteiger partial charge in [-0.25, -0.2) is 0 Å². The van der Waals surface area contributed by atoms with E-state index in [1.807, 2.05) is 7.05 Å². The molecule has 72 valence electrons. The number of anilines is 1. The fourth-order valence-corrected chi connectivity index (χ4v) is 2.70. The number of rotatable bonds is 2. The summed E-state index contributed by atoms with van der Waals surface area (Å²) in [4.78, 5) is 1.29. The summed E-state index contributed by atoms with van der Waals surface area (Å²) in [7, 11) is 1.93. The summed E-state index contributed by atoms with van der Waals surface area (Å²) in [6.07, 6.45) is 0. The Balaban J connectivity index is 2.33. The summed E-state index contributed by atoms with van der Waals surface area (Å²) < 4.78 is 1.15. The molecule has 0 aliphatic carbocycles. The number of thiophene rings is 1. The van der Waals surface area contributed by atoms with Crippen molar-refractivity contribution in [2.24, 2.45) is 0 Å². The van der Waals surface area contributed by atoms with E-state index in [0.717, 1.165) is 10.2 Å². The molecule has 0 saturated carbocycles. The molecule has 0 fully saturated rings. The molecule has 1 aromatic heterocycles. The maximum Gasteiger partial charge on any atom is 0.0354 e. The van der Waals surface area contributed by atoms with E-state index >= 15 is 0 Å². The van der Waals surface area contributed by atoms with Crippen LogP contribution >= 0.6 is 27.3 Å². The molecule has 0 bridgehead atoms. The number of benzene rings is 1. The molecule has 0 radical (unpaired) electrons. The Labute approximate surface area is 95.9 Å².